The number of nitrogens with one attached hydrogen (secondary N) is 1. The van der Waals surface area contributed by atoms with Gasteiger partial charge in [0.2, 0.25) is 10.0 Å². The number of hydrogen-bond acceptors (Lipinski definition) is 2. The van der Waals surface area contributed by atoms with E-state index in [1.165, 1.54) is 0 Å². The molecule has 1 aromatic rings. The van der Waals surface area contributed by atoms with Crippen molar-refractivity contribution in [3.8, 4) is 0 Å². The van der Waals surface area contributed by atoms with Crippen LogP contribution in [0.2, 0.25) is 0 Å². The van der Waals surface area contributed by atoms with E-state index in [2.05, 4.69) is 27.3 Å². The molecule has 1 rings (SSSR count). The SMILES string of the molecule is CCCS(=O)(=O)Nc1cc(I)ccc1C. The summed E-state index contributed by atoms with van der Waals surface area (Å²) in [5, 5.41) is 0. The summed E-state index contributed by atoms with van der Waals surface area (Å²) in [7, 11) is -3.18. The van der Waals surface area contributed by atoms with Crippen LogP contribution in [0.4, 0.5) is 5.69 Å². The zero-order valence-electron chi connectivity index (χ0n) is 8.75. The Kier molecular flexibility index (Phi) is 4.39. The molecule has 84 valence electrons. The van der Waals surface area contributed by atoms with Gasteiger partial charge in [-0.15, -0.1) is 0 Å². The normalized spacial score (nSPS) is 11.4. The van der Waals surface area contributed by atoms with Gasteiger partial charge in [0.15, 0.2) is 0 Å². The summed E-state index contributed by atoms with van der Waals surface area (Å²) in [5.41, 5.74) is 1.62. The van der Waals surface area contributed by atoms with E-state index < -0.39 is 10.0 Å². The molecule has 0 atom stereocenters. The minimum Gasteiger partial charge on any atom is -0.283 e. The Morgan fingerprint density at radius 3 is 2.67 bits per heavy atom. The first-order valence-corrected chi connectivity index (χ1v) is 7.44. The molecule has 0 bridgehead atoms. The maximum absolute atomic E-state index is 11.5. The molecule has 0 radical (unpaired) electrons. The molecule has 3 nitrogen and oxygen atoms in total. The van der Waals surface area contributed by atoms with Gasteiger partial charge in [0.1, 0.15) is 0 Å². The van der Waals surface area contributed by atoms with Crippen molar-refractivity contribution in [3.63, 3.8) is 0 Å². The highest BCUT2D eigenvalue weighted by molar-refractivity contribution is 14.1. The van der Waals surface area contributed by atoms with Crippen LogP contribution in [0, 0.1) is 10.5 Å². The molecule has 0 aromatic heterocycles. The zero-order chi connectivity index (χ0) is 11.5. The van der Waals surface area contributed by atoms with Crippen molar-refractivity contribution in [1.82, 2.24) is 0 Å². The van der Waals surface area contributed by atoms with Crippen LogP contribution in [0.25, 0.3) is 0 Å². The number of halogens is 1. The largest absolute Gasteiger partial charge is 0.283 e. The van der Waals surface area contributed by atoms with Crippen LogP contribution < -0.4 is 4.72 Å². The lowest BCUT2D eigenvalue weighted by Crippen LogP contribution is -2.16. The van der Waals surface area contributed by atoms with E-state index >= 15 is 0 Å². The summed E-state index contributed by atoms with van der Waals surface area (Å²) >= 11 is 2.16. The number of benzene rings is 1. The van der Waals surface area contributed by atoms with Gasteiger partial charge in [-0.05, 0) is 53.6 Å². The van der Waals surface area contributed by atoms with Gasteiger partial charge in [-0.1, -0.05) is 13.0 Å². The molecule has 0 saturated carbocycles. The molecule has 0 spiro atoms. The first-order chi connectivity index (χ1) is 6.94. The third kappa shape index (κ3) is 3.98. The third-order valence-electron chi connectivity index (χ3n) is 1.94. The fourth-order valence-corrected chi connectivity index (χ4v) is 2.88. The second-order valence-corrected chi connectivity index (χ2v) is 6.47. The van der Waals surface area contributed by atoms with Gasteiger partial charge in [-0.2, -0.15) is 0 Å². The Labute approximate surface area is 104 Å². The first kappa shape index (κ1) is 12.8. The van der Waals surface area contributed by atoms with E-state index in [4.69, 9.17) is 0 Å². The molecule has 1 N–H and O–H groups in total. The van der Waals surface area contributed by atoms with Crippen LogP contribution >= 0.6 is 22.6 Å². The molecular weight excluding hydrogens is 325 g/mol. The lowest BCUT2D eigenvalue weighted by Gasteiger charge is -2.09. The fourth-order valence-electron chi connectivity index (χ4n) is 1.19. The summed E-state index contributed by atoms with van der Waals surface area (Å²) in [4.78, 5) is 0. The van der Waals surface area contributed by atoms with Crippen LogP contribution in [-0.4, -0.2) is 14.2 Å². The van der Waals surface area contributed by atoms with E-state index in [9.17, 15) is 8.42 Å². The minimum absolute atomic E-state index is 0.165. The monoisotopic (exact) mass is 339 g/mol. The second-order valence-electron chi connectivity index (χ2n) is 3.38. The van der Waals surface area contributed by atoms with Crippen LogP contribution in [0.1, 0.15) is 18.9 Å². The predicted octanol–water partition coefficient (Wildman–Crippen LogP) is 2.75. The highest BCUT2D eigenvalue weighted by atomic mass is 127. The number of hydrogen-bond donors (Lipinski definition) is 1. The Hall–Kier alpha value is -0.300. The summed E-state index contributed by atoms with van der Waals surface area (Å²) in [6, 6.07) is 5.70. The Bertz CT molecular complexity index is 443. The minimum atomic E-state index is -3.18. The van der Waals surface area contributed by atoms with Gasteiger partial charge in [-0.3, -0.25) is 4.72 Å². The van der Waals surface area contributed by atoms with Crippen molar-refractivity contribution in [2.75, 3.05) is 10.5 Å². The van der Waals surface area contributed by atoms with Gasteiger partial charge in [0.25, 0.3) is 0 Å². The highest BCUT2D eigenvalue weighted by Crippen LogP contribution is 2.19. The van der Waals surface area contributed by atoms with Crippen LogP contribution in [0.5, 0.6) is 0 Å². The Balaban J connectivity index is 2.94. The molecular formula is C10H14INO2S. The lowest BCUT2D eigenvalue weighted by atomic mass is 10.2. The second kappa shape index (κ2) is 5.16. The molecule has 1 aromatic carbocycles. The number of anilines is 1. The van der Waals surface area contributed by atoms with Gasteiger partial charge < -0.3 is 0 Å². The maximum atomic E-state index is 11.5. The molecule has 0 heterocycles. The zero-order valence-corrected chi connectivity index (χ0v) is 11.7. The molecule has 15 heavy (non-hydrogen) atoms. The van der Waals surface area contributed by atoms with Crippen LogP contribution in [-0.2, 0) is 10.0 Å². The van der Waals surface area contributed by atoms with Crippen molar-refractivity contribution >= 4 is 38.3 Å². The summed E-state index contributed by atoms with van der Waals surface area (Å²) in [6.45, 7) is 3.74. The molecule has 0 amide bonds. The molecule has 0 aliphatic rings. The standard InChI is InChI=1S/C10H14INO2S/c1-3-6-15(13,14)12-10-7-9(11)5-4-8(10)2/h4-5,7,12H,3,6H2,1-2H3. The van der Waals surface area contributed by atoms with E-state index in [0.717, 1.165) is 9.13 Å². The fraction of sp³-hybridized carbons (Fsp3) is 0.400. The van der Waals surface area contributed by atoms with E-state index in [-0.39, 0.29) is 5.75 Å². The van der Waals surface area contributed by atoms with E-state index in [1.807, 2.05) is 32.0 Å². The molecule has 5 heteroatoms. The molecule has 0 saturated heterocycles. The van der Waals surface area contributed by atoms with Crippen LogP contribution in [0.3, 0.4) is 0 Å². The van der Waals surface area contributed by atoms with E-state index in [0.29, 0.717) is 12.1 Å². The van der Waals surface area contributed by atoms with Gasteiger partial charge in [-0.25, -0.2) is 8.42 Å². The van der Waals surface area contributed by atoms with Gasteiger partial charge >= 0.3 is 0 Å². The number of aryl methyl sites for hydroxylation is 1. The Morgan fingerprint density at radius 2 is 2.07 bits per heavy atom. The third-order valence-corrected chi connectivity index (χ3v) is 4.09. The quantitative estimate of drug-likeness (QED) is 0.858. The summed E-state index contributed by atoms with van der Waals surface area (Å²) < 4.78 is 26.7. The van der Waals surface area contributed by atoms with Crippen molar-refractivity contribution in [2.45, 2.75) is 20.3 Å². The number of sulfonamides is 1. The predicted molar refractivity (Wildman–Crippen MR) is 71.6 cm³/mol. The van der Waals surface area contributed by atoms with Crippen molar-refractivity contribution < 1.29 is 8.42 Å². The van der Waals surface area contributed by atoms with Gasteiger partial charge in [0, 0.05) is 3.57 Å². The van der Waals surface area contributed by atoms with Gasteiger partial charge in [0.05, 0.1) is 11.4 Å². The highest BCUT2D eigenvalue weighted by Gasteiger charge is 2.10. The molecule has 0 aliphatic carbocycles. The van der Waals surface area contributed by atoms with Crippen LogP contribution in [0.15, 0.2) is 18.2 Å². The summed E-state index contributed by atoms with van der Waals surface area (Å²) in [6.07, 6.45) is 0.623. The molecule has 0 aliphatic heterocycles. The van der Waals surface area contributed by atoms with E-state index in [1.54, 1.807) is 0 Å². The molecule has 0 unspecified atom stereocenters. The topological polar surface area (TPSA) is 46.2 Å². The van der Waals surface area contributed by atoms with Crippen molar-refractivity contribution in [2.24, 2.45) is 0 Å². The smallest absolute Gasteiger partial charge is 0.232 e. The number of rotatable bonds is 4. The van der Waals surface area contributed by atoms with Crippen molar-refractivity contribution in [1.29, 1.82) is 0 Å². The maximum Gasteiger partial charge on any atom is 0.232 e. The lowest BCUT2D eigenvalue weighted by molar-refractivity contribution is 0.600. The first-order valence-electron chi connectivity index (χ1n) is 4.71. The molecule has 0 fully saturated rings. The summed E-state index contributed by atoms with van der Waals surface area (Å²) in [5.74, 6) is 0.165. The average Bonchev–Trinajstić information content (AvgIpc) is 2.10. The Morgan fingerprint density at radius 1 is 1.40 bits per heavy atom. The van der Waals surface area contributed by atoms with Crippen molar-refractivity contribution in [3.05, 3.63) is 27.3 Å². The average molecular weight is 339 g/mol.